The van der Waals surface area contributed by atoms with Crippen molar-refractivity contribution < 1.29 is 4.74 Å². The van der Waals surface area contributed by atoms with E-state index in [0.717, 1.165) is 26.3 Å². The number of ether oxygens (including phenoxy) is 1. The Morgan fingerprint density at radius 2 is 1.80 bits per heavy atom. The molecule has 1 rings (SSSR count). The van der Waals surface area contributed by atoms with Gasteiger partial charge in [-0.15, -0.1) is 0 Å². The first-order valence-electron chi connectivity index (χ1n) is 8.38. The van der Waals surface area contributed by atoms with Gasteiger partial charge >= 0.3 is 0 Å². The largest absolute Gasteiger partial charge is 0.380 e. The summed E-state index contributed by atoms with van der Waals surface area (Å²) in [6.07, 6.45) is 6.94. The zero-order chi connectivity index (χ0) is 15.1. The van der Waals surface area contributed by atoms with E-state index in [0.29, 0.717) is 5.41 Å². The number of nitrogens with one attached hydrogen (secondary N) is 1. The second-order valence-electron chi connectivity index (χ2n) is 7.60. The molecule has 0 aromatic rings. The maximum atomic E-state index is 5.48. The maximum Gasteiger partial charge on any atom is 0.0593 e. The van der Waals surface area contributed by atoms with Crippen LogP contribution in [0.15, 0.2) is 0 Å². The summed E-state index contributed by atoms with van der Waals surface area (Å²) in [5.41, 5.74) is 0.681. The molecule has 120 valence electrons. The number of nitrogens with zero attached hydrogens (tertiary/aromatic N) is 1. The minimum atomic E-state index is 0.217. The van der Waals surface area contributed by atoms with Crippen LogP contribution in [0.2, 0.25) is 0 Å². The van der Waals surface area contributed by atoms with E-state index in [1.54, 1.807) is 0 Å². The normalized spacial score (nSPS) is 19.5. The van der Waals surface area contributed by atoms with E-state index >= 15 is 0 Å². The molecule has 0 atom stereocenters. The van der Waals surface area contributed by atoms with Crippen LogP contribution < -0.4 is 5.32 Å². The fourth-order valence-corrected chi connectivity index (χ4v) is 3.16. The highest BCUT2D eigenvalue weighted by Crippen LogP contribution is 2.36. The molecule has 0 radical (unpaired) electrons. The summed E-state index contributed by atoms with van der Waals surface area (Å²) in [5.74, 6) is 0. The summed E-state index contributed by atoms with van der Waals surface area (Å²) < 4.78 is 5.48. The van der Waals surface area contributed by atoms with Gasteiger partial charge in [0.15, 0.2) is 0 Å². The molecule has 1 N–H and O–H groups in total. The average molecular weight is 284 g/mol. The Hall–Kier alpha value is -0.120. The van der Waals surface area contributed by atoms with Gasteiger partial charge in [-0.3, -0.25) is 0 Å². The van der Waals surface area contributed by atoms with Gasteiger partial charge in [0, 0.05) is 31.8 Å². The molecule has 0 aliphatic heterocycles. The van der Waals surface area contributed by atoms with Gasteiger partial charge in [0.1, 0.15) is 0 Å². The van der Waals surface area contributed by atoms with Gasteiger partial charge in [-0.05, 0) is 53.0 Å². The van der Waals surface area contributed by atoms with Crippen LogP contribution in [0.25, 0.3) is 0 Å². The maximum absolute atomic E-state index is 5.48. The Morgan fingerprint density at radius 3 is 2.35 bits per heavy atom. The Balaban J connectivity index is 2.49. The Bertz CT molecular complexity index is 254. The monoisotopic (exact) mass is 284 g/mol. The number of hydrogen-bond donors (Lipinski definition) is 1. The number of rotatable bonds is 8. The van der Waals surface area contributed by atoms with Gasteiger partial charge in [-0.25, -0.2) is 0 Å². The summed E-state index contributed by atoms with van der Waals surface area (Å²) >= 11 is 0. The highest BCUT2D eigenvalue weighted by Gasteiger charge is 2.33. The van der Waals surface area contributed by atoms with Gasteiger partial charge in [-0.2, -0.15) is 0 Å². The van der Waals surface area contributed by atoms with E-state index < -0.39 is 0 Å². The quantitative estimate of drug-likeness (QED) is 0.692. The second kappa shape index (κ2) is 8.35. The smallest absolute Gasteiger partial charge is 0.0593 e. The lowest BCUT2D eigenvalue weighted by molar-refractivity contribution is 0.0773. The molecule has 1 saturated carbocycles. The molecule has 0 aromatic carbocycles. The summed E-state index contributed by atoms with van der Waals surface area (Å²) in [5, 5.41) is 3.75. The van der Waals surface area contributed by atoms with Crippen molar-refractivity contribution in [2.24, 2.45) is 5.41 Å². The minimum absolute atomic E-state index is 0.217. The molecule has 0 aromatic heterocycles. The van der Waals surface area contributed by atoms with Crippen molar-refractivity contribution >= 4 is 0 Å². The highest BCUT2D eigenvalue weighted by atomic mass is 16.5. The summed E-state index contributed by atoms with van der Waals surface area (Å²) in [6.45, 7) is 13.9. The van der Waals surface area contributed by atoms with E-state index in [2.05, 4.69) is 45.0 Å². The molecule has 3 nitrogen and oxygen atoms in total. The lowest BCUT2D eigenvalue weighted by atomic mass is 9.73. The third-order valence-electron chi connectivity index (χ3n) is 4.33. The summed E-state index contributed by atoms with van der Waals surface area (Å²) in [7, 11) is 2.24. The van der Waals surface area contributed by atoms with Crippen LogP contribution in [0.1, 0.15) is 59.8 Å². The first-order valence-corrected chi connectivity index (χ1v) is 8.38. The molecule has 0 unspecified atom stereocenters. The molecule has 0 saturated heterocycles. The van der Waals surface area contributed by atoms with Crippen LogP contribution in [-0.2, 0) is 4.74 Å². The molecule has 1 aliphatic carbocycles. The number of hydrogen-bond acceptors (Lipinski definition) is 3. The van der Waals surface area contributed by atoms with E-state index in [-0.39, 0.29) is 5.54 Å². The Morgan fingerprint density at radius 1 is 1.15 bits per heavy atom. The summed E-state index contributed by atoms with van der Waals surface area (Å²) in [4.78, 5) is 2.46. The van der Waals surface area contributed by atoms with E-state index in [4.69, 9.17) is 4.74 Å². The average Bonchev–Trinajstić information content (AvgIpc) is 2.37. The van der Waals surface area contributed by atoms with Gasteiger partial charge < -0.3 is 15.0 Å². The molecule has 0 bridgehead atoms. The fraction of sp³-hybridized carbons (Fsp3) is 1.00. The fourth-order valence-electron chi connectivity index (χ4n) is 3.16. The van der Waals surface area contributed by atoms with Crippen molar-refractivity contribution in [3.05, 3.63) is 0 Å². The molecular weight excluding hydrogens is 248 g/mol. The van der Waals surface area contributed by atoms with E-state index in [1.807, 2.05) is 0 Å². The molecule has 1 aliphatic rings. The van der Waals surface area contributed by atoms with Gasteiger partial charge in [0.05, 0.1) is 6.61 Å². The molecule has 1 fully saturated rings. The zero-order valence-electron chi connectivity index (χ0n) is 14.4. The molecule has 3 heteroatoms. The standard InChI is InChI=1S/C17H36N2O/c1-6-20-13-12-19(5)15-17(10-8-7-9-11-17)14-18-16(2,3)4/h18H,6-15H2,1-5H3. The Labute approximate surface area is 126 Å². The van der Waals surface area contributed by atoms with Gasteiger partial charge in [-0.1, -0.05) is 19.3 Å². The van der Waals surface area contributed by atoms with Crippen molar-refractivity contribution in [3.63, 3.8) is 0 Å². The predicted molar refractivity (Wildman–Crippen MR) is 87.3 cm³/mol. The van der Waals surface area contributed by atoms with Crippen LogP contribution >= 0.6 is 0 Å². The van der Waals surface area contributed by atoms with Crippen LogP contribution in [0.5, 0.6) is 0 Å². The first kappa shape index (κ1) is 17.9. The minimum Gasteiger partial charge on any atom is -0.380 e. The van der Waals surface area contributed by atoms with E-state index in [1.165, 1.54) is 38.6 Å². The van der Waals surface area contributed by atoms with Crippen molar-refractivity contribution in [1.82, 2.24) is 10.2 Å². The van der Waals surface area contributed by atoms with Gasteiger partial charge in [0.2, 0.25) is 0 Å². The molecule has 0 amide bonds. The molecule has 20 heavy (non-hydrogen) atoms. The van der Waals surface area contributed by atoms with Crippen molar-refractivity contribution in [1.29, 1.82) is 0 Å². The zero-order valence-corrected chi connectivity index (χ0v) is 14.4. The lowest BCUT2D eigenvalue weighted by Crippen LogP contribution is -2.49. The van der Waals surface area contributed by atoms with Crippen molar-refractivity contribution in [2.75, 3.05) is 39.9 Å². The third kappa shape index (κ3) is 7.05. The topological polar surface area (TPSA) is 24.5 Å². The lowest BCUT2D eigenvalue weighted by Gasteiger charge is -2.42. The summed E-state index contributed by atoms with van der Waals surface area (Å²) in [6, 6.07) is 0. The highest BCUT2D eigenvalue weighted by molar-refractivity contribution is 4.89. The van der Waals surface area contributed by atoms with Crippen LogP contribution in [0.3, 0.4) is 0 Å². The number of likely N-dealkylation sites (N-methyl/N-ethyl adjacent to an activating group) is 1. The molecule has 0 heterocycles. The first-order chi connectivity index (χ1) is 9.37. The van der Waals surface area contributed by atoms with Crippen molar-refractivity contribution in [2.45, 2.75) is 65.3 Å². The third-order valence-corrected chi connectivity index (χ3v) is 4.33. The SMILES string of the molecule is CCOCCN(C)CC1(CNC(C)(C)C)CCCCC1. The predicted octanol–water partition coefficient (Wildman–Crippen LogP) is 3.29. The van der Waals surface area contributed by atoms with Crippen LogP contribution in [0.4, 0.5) is 0 Å². The van der Waals surface area contributed by atoms with Crippen LogP contribution in [-0.4, -0.2) is 50.3 Å². The molecular formula is C17H36N2O. The Kier molecular flexibility index (Phi) is 7.49. The van der Waals surface area contributed by atoms with Crippen molar-refractivity contribution in [3.8, 4) is 0 Å². The van der Waals surface area contributed by atoms with Crippen LogP contribution in [0, 0.1) is 5.41 Å². The van der Waals surface area contributed by atoms with Gasteiger partial charge in [0.25, 0.3) is 0 Å². The van der Waals surface area contributed by atoms with E-state index in [9.17, 15) is 0 Å². The second-order valence-corrected chi connectivity index (χ2v) is 7.60. The molecule has 0 spiro atoms.